The molecule has 1 fully saturated rings. The Morgan fingerprint density at radius 2 is 2.35 bits per heavy atom. The van der Waals surface area contributed by atoms with Crippen LogP contribution in [0.1, 0.15) is 18.4 Å². The third-order valence-electron chi connectivity index (χ3n) is 3.09. The zero-order chi connectivity index (χ0) is 12.3. The van der Waals surface area contributed by atoms with Gasteiger partial charge >= 0.3 is 0 Å². The summed E-state index contributed by atoms with van der Waals surface area (Å²) in [4.78, 5) is 2.32. The normalized spacial score (nSPS) is 20.9. The predicted molar refractivity (Wildman–Crippen MR) is 73.0 cm³/mol. The van der Waals surface area contributed by atoms with Gasteiger partial charge in [0.2, 0.25) is 0 Å². The molecule has 90 valence electrons. The second kappa shape index (κ2) is 5.52. The molecule has 0 amide bonds. The summed E-state index contributed by atoms with van der Waals surface area (Å²) < 4.78 is 1.00. The maximum absolute atomic E-state index is 9.08. The molecule has 3 nitrogen and oxygen atoms in total. The Morgan fingerprint density at radius 3 is 3.06 bits per heavy atom. The molecule has 0 saturated carbocycles. The van der Waals surface area contributed by atoms with E-state index in [-0.39, 0.29) is 0 Å². The van der Waals surface area contributed by atoms with Gasteiger partial charge in [-0.15, -0.1) is 0 Å². The monoisotopic (exact) mass is 293 g/mol. The number of piperidine rings is 1. The first kappa shape index (κ1) is 12.4. The molecule has 1 heterocycles. The van der Waals surface area contributed by atoms with Gasteiger partial charge < -0.3 is 10.2 Å². The minimum absolute atomic E-state index is 0.440. The van der Waals surface area contributed by atoms with Crippen LogP contribution in [0, 0.1) is 11.3 Å². The second-order valence-corrected chi connectivity index (χ2v) is 5.46. The molecule has 0 spiro atoms. The maximum atomic E-state index is 9.08. The lowest BCUT2D eigenvalue weighted by molar-refractivity contribution is 0.261. The first-order valence-electron chi connectivity index (χ1n) is 5.84. The maximum Gasteiger partial charge on any atom is 0.101 e. The average Bonchev–Trinajstić information content (AvgIpc) is 2.29. The van der Waals surface area contributed by atoms with E-state index in [1.54, 1.807) is 0 Å². The molecule has 17 heavy (non-hydrogen) atoms. The largest absolute Gasteiger partial charge is 0.380 e. The first-order valence-corrected chi connectivity index (χ1v) is 6.63. The van der Waals surface area contributed by atoms with E-state index in [4.69, 9.17) is 5.26 Å². The zero-order valence-corrected chi connectivity index (χ0v) is 11.5. The molecule has 0 aliphatic carbocycles. The van der Waals surface area contributed by atoms with Gasteiger partial charge in [0.25, 0.3) is 0 Å². The fourth-order valence-corrected chi connectivity index (χ4v) is 2.60. The number of hydrogen-bond acceptors (Lipinski definition) is 3. The van der Waals surface area contributed by atoms with E-state index in [9.17, 15) is 0 Å². The van der Waals surface area contributed by atoms with E-state index < -0.39 is 0 Å². The van der Waals surface area contributed by atoms with Crippen molar-refractivity contribution in [3.63, 3.8) is 0 Å². The summed E-state index contributed by atoms with van der Waals surface area (Å²) in [5, 5.41) is 12.6. The minimum atomic E-state index is 0.440. The summed E-state index contributed by atoms with van der Waals surface area (Å²) in [6.07, 6.45) is 2.38. The highest BCUT2D eigenvalue weighted by Crippen LogP contribution is 2.23. The van der Waals surface area contributed by atoms with Crippen LogP contribution in [0.25, 0.3) is 0 Å². The van der Waals surface area contributed by atoms with Crippen LogP contribution >= 0.6 is 15.9 Å². The van der Waals surface area contributed by atoms with Gasteiger partial charge in [-0.2, -0.15) is 5.26 Å². The molecule has 1 unspecified atom stereocenters. The zero-order valence-electron chi connectivity index (χ0n) is 9.91. The molecule has 1 aliphatic heterocycles. The van der Waals surface area contributed by atoms with Gasteiger partial charge in [-0.05, 0) is 44.6 Å². The van der Waals surface area contributed by atoms with Crippen molar-refractivity contribution in [3.05, 3.63) is 28.2 Å². The molecule has 1 saturated heterocycles. The Morgan fingerprint density at radius 1 is 1.53 bits per heavy atom. The fraction of sp³-hybridized carbons (Fsp3) is 0.462. The molecule has 1 N–H and O–H groups in total. The molecule has 0 radical (unpaired) electrons. The number of likely N-dealkylation sites (tertiary alicyclic amines) is 1. The molecule has 1 aromatic carbocycles. The van der Waals surface area contributed by atoms with Crippen LogP contribution in [0.2, 0.25) is 0 Å². The standard InChI is InChI=1S/C13H16BrN3/c1-17-6-2-3-12(9-17)16-13-7-11(14)5-4-10(13)8-15/h4-5,7,12,16H,2-3,6,9H2,1H3. The third-order valence-corrected chi connectivity index (χ3v) is 3.58. The van der Waals surface area contributed by atoms with Crippen LogP contribution in [0.5, 0.6) is 0 Å². The number of nitrogens with one attached hydrogen (secondary N) is 1. The van der Waals surface area contributed by atoms with Crippen molar-refractivity contribution in [1.82, 2.24) is 4.90 Å². The molecule has 0 bridgehead atoms. The number of rotatable bonds is 2. The predicted octanol–water partition coefficient (Wildman–Crippen LogP) is 2.83. The van der Waals surface area contributed by atoms with Crippen LogP contribution in [0.3, 0.4) is 0 Å². The van der Waals surface area contributed by atoms with Gasteiger partial charge in [0.05, 0.1) is 11.3 Å². The Kier molecular flexibility index (Phi) is 4.03. The molecule has 2 rings (SSSR count). The van der Waals surface area contributed by atoms with Gasteiger partial charge in [-0.25, -0.2) is 0 Å². The van der Waals surface area contributed by atoms with E-state index in [2.05, 4.69) is 39.3 Å². The Labute approximate surface area is 111 Å². The van der Waals surface area contributed by atoms with Crippen molar-refractivity contribution in [2.24, 2.45) is 0 Å². The van der Waals surface area contributed by atoms with E-state index in [0.717, 1.165) is 16.7 Å². The van der Waals surface area contributed by atoms with Crippen LogP contribution in [-0.2, 0) is 0 Å². The van der Waals surface area contributed by atoms with Gasteiger partial charge in [0.15, 0.2) is 0 Å². The number of anilines is 1. The number of hydrogen-bond donors (Lipinski definition) is 1. The van der Waals surface area contributed by atoms with Gasteiger partial charge in [-0.3, -0.25) is 0 Å². The highest BCUT2D eigenvalue weighted by atomic mass is 79.9. The highest BCUT2D eigenvalue weighted by Gasteiger charge is 2.17. The lowest BCUT2D eigenvalue weighted by Gasteiger charge is -2.31. The lowest BCUT2D eigenvalue weighted by atomic mass is 10.1. The Balaban J connectivity index is 2.12. The van der Waals surface area contributed by atoms with Crippen LogP contribution < -0.4 is 5.32 Å². The average molecular weight is 294 g/mol. The number of nitrogens with zero attached hydrogens (tertiary/aromatic N) is 2. The van der Waals surface area contributed by atoms with Crippen molar-refractivity contribution in [2.75, 3.05) is 25.5 Å². The van der Waals surface area contributed by atoms with Crippen molar-refractivity contribution in [2.45, 2.75) is 18.9 Å². The Hall–Kier alpha value is -1.05. The number of halogens is 1. The highest BCUT2D eigenvalue weighted by molar-refractivity contribution is 9.10. The van der Waals surface area contributed by atoms with Crippen molar-refractivity contribution < 1.29 is 0 Å². The van der Waals surface area contributed by atoms with Crippen molar-refractivity contribution >= 4 is 21.6 Å². The summed E-state index contributed by atoms with van der Waals surface area (Å²) in [6, 6.07) is 8.39. The van der Waals surface area contributed by atoms with Crippen LogP contribution in [0.15, 0.2) is 22.7 Å². The van der Waals surface area contributed by atoms with E-state index in [1.807, 2.05) is 18.2 Å². The second-order valence-electron chi connectivity index (χ2n) is 4.55. The minimum Gasteiger partial charge on any atom is -0.380 e. The molecular weight excluding hydrogens is 278 g/mol. The van der Waals surface area contributed by atoms with E-state index in [1.165, 1.54) is 19.4 Å². The Bertz CT molecular complexity index is 439. The van der Waals surface area contributed by atoms with Crippen LogP contribution in [0.4, 0.5) is 5.69 Å². The summed E-state index contributed by atoms with van der Waals surface area (Å²) in [5.41, 5.74) is 1.64. The number of likely N-dealkylation sites (N-methyl/N-ethyl adjacent to an activating group) is 1. The SMILES string of the molecule is CN1CCCC(Nc2cc(Br)ccc2C#N)C1. The lowest BCUT2D eigenvalue weighted by Crippen LogP contribution is -2.39. The molecule has 1 aromatic rings. The van der Waals surface area contributed by atoms with Crippen LogP contribution in [-0.4, -0.2) is 31.1 Å². The molecule has 1 aliphatic rings. The topological polar surface area (TPSA) is 39.1 Å². The smallest absolute Gasteiger partial charge is 0.101 e. The summed E-state index contributed by atoms with van der Waals surface area (Å²) in [7, 11) is 2.14. The molecule has 1 atom stereocenters. The fourth-order valence-electron chi connectivity index (χ4n) is 2.24. The van der Waals surface area contributed by atoms with E-state index in [0.29, 0.717) is 11.6 Å². The van der Waals surface area contributed by atoms with Gasteiger partial charge in [0, 0.05) is 17.1 Å². The summed E-state index contributed by atoms with van der Waals surface area (Å²) >= 11 is 3.44. The third kappa shape index (κ3) is 3.21. The molecule has 4 heteroatoms. The number of nitriles is 1. The van der Waals surface area contributed by atoms with Crippen molar-refractivity contribution in [3.8, 4) is 6.07 Å². The summed E-state index contributed by atoms with van der Waals surface area (Å²) in [6.45, 7) is 2.21. The summed E-state index contributed by atoms with van der Waals surface area (Å²) in [5.74, 6) is 0. The molecular formula is C13H16BrN3. The molecule has 0 aromatic heterocycles. The van der Waals surface area contributed by atoms with E-state index >= 15 is 0 Å². The van der Waals surface area contributed by atoms with Gasteiger partial charge in [-0.1, -0.05) is 15.9 Å². The van der Waals surface area contributed by atoms with Gasteiger partial charge in [0.1, 0.15) is 6.07 Å². The van der Waals surface area contributed by atoms with Crippen molar-refractivity contribution in [1.29, 1.82) is 5.26 Å². The number of benzene rings is 1. The first-order chi connectivity index (χ1) is 8.19. The quantitative estimate of drug-likeness (QED) is 0.911.